The lowest BCUT2D eigenvalue weighted by Crippen LogP contribution is -2.14. The highest BCUT2D eigenvalue weighted by Gasteiger charge is 2.14. The number of aromatic nitrogens is 3. The Morgan fingerprint density at radius 3 is 2.56 bits per heavy atom. The smallest absolute Gasteiger partial charge is 0.260 e. The van der Waals surface area contributed by atoms with E-state index in [1.54, 1.807) is 24.4 Å². The number of imidazole rings is 1. The van der Waals surface area contributed by atoms with Crippen LogP contribution >= 0.6 is 0 Å². The number of nitrogens with one attached hydrogen (secondary N) is 4. The Kier molecular flexibility index (Phi) is 4.13. The van der Waals surface area contributed by atoms with Gasteiger partial charge >= 0.3 is 0 Å². The number of aromatic amines is 2. The van der Waals surface area contributed by atoms with E-state index < -0.39 is 5.82 Å². The fourth-order valence-corrected chi connectivity index (χ4v) is 2.72. The summed E-state index contributed by atoms with van der Waals surface area (Å²) in [5.74, 6) is -0.368. The van der Waals surface area contributed by atoms with Gasteiger partial charge in [0.05, 0.1) is 11.1 Å². The summed E-state index contributed by atoms with van der Waals surface area (Å²) in [7, 11) is 0. The van der Waals surface area contributed by atoms with Crippen molar-refractivity contribution in [1.82, 2.24) is 15.0 Å². The lowest BCUT2D eigenvalue weighted by molar-refractivity contribution is 0.101. The molecule has 0 aliphatic rings. The highest BCUT2D eigenvalue weighted by molar-refractivity contribution is 6.12. The maximum Gasteiger partial charge on any atom is 0.260 e. The molecule has 2 amide bonds. The van der Waals surface area contributed by atoms with Crippen LogP contribution in [0.3, 0.4) is 0 Å². The number of fused-ring (bicyclic) bond motifs is 1. The van der Waals surface area contributed by atoms with Crippen molar-refractivity contribution >= 4 is 34.5 Å². The minimum atomic E-state index is -0.413. The highest BCUT2D eigenvalue weighted by atomic mass is 19.1. The number of H-pyrrole nitrogens is 2. The van der Waals surface area contributed by atoms with E-state index in [1.165, 1.54) is 30.5 Å². The Morgan fingerprint density at radius 1 is 1.00 bits per heavy atom. The molecule has 0 saturated carbocycles. The van der Waals surface area contributed by atoms with Crippen LogP contribution in [0.25, 0.3) is 10.9 Å². The van der Waals surface area contributed by atoms with Gasteiger partial charge in [0.15, 0.2) is 0 Å². The number of carbonyl (C=O) groups excluding carboxylic acids is 2. The first kappa shape index (κ1) is 16.5. The first-order valence-electron chi connectivity index (χ1n) is 8.09. The Morgan fingerprint density at radius 2 is 1.81 bits per heavy atom. The molecule has 8 heteroatoms. The minimum absolute atomic E-state index is 0.325. The maximum absolute atomic E-state index is 13.0. The van der Waals surface area contributed by atoms with Gasteiger partial charge in [0.25, 0.3) is 11.8 Å². The largest absolute Gasteiger partial charge is 0.341 e. The molecule has 0 spiro atoms. The zero-order valence-electron chi connectivity index (χ0n) is 13.9. The summed E-state index contributed by atoms with van der Waals surface area (Å²) in [5.41, 5.74) is 1.31. The molecule has 4 N–H and O–H groups in total. The standard InChI is InChI=1S/C19H14FN5O2/c20-13-6-4-11(5-7-13)17(26)24-15-10-12-2-1-3-14(16(12)23-15)18(27)25-19-21-8-9-22-19/h1-10,23H,(H,24,26)(H2,21,22,25,27). The second-order valence-electron chi connectivity index (χ2n) is 5.81. The number of anilines is 2. The van der Waals surface area contributed by atoms with Crippen molar-refractivity contribution in [3.63, 3.8) is 0 Å². The van der Waals surface area contributed by atoms with Crippen molar-refractivity contribution in [3.8, 4) is 0 Å². The van der Waals surface area contributed by atoms with Gasteiger partial charge in [0, 0.05) is 23.3 Å². The number of amides is 2. The van der Waals surface area contributed by atoms with Gasteiger partial charge in [-0.1, -0.05) is 12.1 Å². The number of hydrogen-bond donors (Lipinski definition) is 4. The average molecular weight is 363 g/mol. The average Bonchev–Trinajstić information content (AvgIpc) is 3.30. The molecule has 0 fully saturated rings. The zero-order chi connectivity index (χ0) is 18.8. The van der Waals surface area contributed by atoms with Crippen LogP contribution in [0, 0.1) is 5.82 Å². The number of para-hydroxylation sites is 1. The summed E-state index contributed by atoms with van der Waals surface area (Å²) >= 11 is 0. The van der Waals surface area contributed by atoms with Crippen molar-refractivity contribution in [2.24, 2.45) is 0 Å². The van der Waals surface area contributed by atoms with Crippen molar-refractivity contribution in [1.29, 1.82) is 0 Å². The molecule has 0 bridgehead atoms. The van der Waals surface area contributed by atoms with Crippen LogP contribution in [-0.2, 0) is 0 Å². The molecule has 0 saturated heterocycles. The lowest BCUT2D eigenvalue weighted by atomic mass is 10.1. The quantitative estimate of drug-likeness (QED) is 0.446. The van der Waals surface area contributed by atoms with Gasteiger partial charge in [-0.2, -0.15) is 0 Å². The lowest BCUT2D eigenvalue weighted by Gasteiger charge is -2.04. The van der Waals surface area contributed by atoms with E-state index in [0.29, 0.717) is 28.4 Å². The van der Waals surface area contributed by atoms with E-state index in [4.69, 9.17) is 0 Å². The van der Waals surface area contributed by atoms with Crippen molar-refractivity contribution < 1.29 is 14.0 Å². The van der Waals surface area contributed by atoms with Crippen molar-refractivity contribution in [2.75, 3.05) is 10.6 Å². The number of rotatable bonds is 4. The van der Waals surface area contributed by atoms with Gasteiger partial charge in [-0.15, -0.1) is 0 Å². The topological polar surface area (TPSA) is 103 Å². The Hall–Kier alpha value is -3.94. The molecule has 0 aliphatic carbocycles. The molecule has 2 heterocycles. The molecule has 4 aromatic rings. The third-order valence-corrected chi connectivity index (χ3v) is 3.99. The number of nitrogens with zero attached hydrogens (tertiary/aromatic N) is 1. The Bertz CT molecular complexity index is 1120. The maximum atomic E-state index is 13.0. The molecule has 0 unspecified atom stereocenters. The van der Waals surface area contributed by atoms with Gasteiger partial charge in [-0.3, -0.25) is 14.9 Å². The van der Waals surface area contributed by atoms with E-state index in [1.807, 2.05) is 6.07 Å². The first-order chi connectivity index (χ1) is 13.1. The summed E-state index contributed by atoms with van der Waals surface area (Å²) in [6.07, 6.45) is 3.14. The summed E-state index contributed by atoms with van der Waals surface area (Å²) in [5, 5.41) is 6.14. The number of halogens is 1. The van der Waals surface area contributed by atoms with Crippen LogP contribution in [0.15, 0.2) is 60.9 Å². The molecule has 2 aromatic heterocycles. The fourth-order valence-electron chi connectivity index (χ4n) is 2.72. The van der Waals surface area contributed by atoms with Crippen LogP contribution in [-0.4, -0.2) is 26.8 Å². The number of carbonyl (C=O) groups is 2. The summed E-state index contributed by atoms with van der Waals surface area (Å²) in [6, 6.07) is 12.2. The monoisotopic (exact) mass is 363 g/mol. The highest BCUT2D eigenvalue weighted by Crippen LogP contribution is 2.23. The van der Waals surface area contributed by atoms with Crippen molar-refractivity contribution in [3.05, 3.63) is 77.9 Å². The molecule has 2 aromatic carbocycles. The summed E-state index contributed by atoms with van der Waals surface area (Å²) < 4.78 is 13.0. The van der Waals surface area contributed by atoms with Crippen LogP contribution in [0.1, 0.15) is 20.7 Å². The SMILES string of the molecule is O=C(Nc1cc2cccc(C(=O)Nc3ncc[nH]3)c2[nH]1)c1ccc(F)cc1. The molecule has 0 radical (unpaired) electrons. The van der Waals surface area contributed by atoms with Crippen LogP contribution < -0.4 is 10.6 Å². The van der Waals surface area contributed by atoms with Gasteiger partial charge in [-0.05, 0) is 36.4 Å². The van der Waals surface area contributed by atoms with Crippen LogP contribution in [0.4, 0.5) is 16.2 Å². The molecule has 7 nitrogen and oxygen atoms in total. The molecule has 134 valence electrons. The van der Waals surface area contributed by atoms with E-state index in [0.717, 1.165) is 5.39 Å². The Labute approximate surface area is 152 Å². The van der Waals surface area contributed by atoms with Crippen LogP contribution in [0.5, 0.6) is 0 Å². The van der Waals surface area contributed by atoms with E-state index >= 15 is 0 Å². The molecule has 4 rings (SSSR count). The minimum Gasteiger partial charge on any atom is -0.341 e. The molecular formula is C19H14FN5O2. The van der Waals surface area contributed by atoms with Gasteiger partial charge in [0.1, 0.15) is 11.6 Å². The molecule has 27 heavy (non-hydrogen) atoms. The molecular weight excluding hydrogens is 349 g/mol. The molecule has 0 atom stereocenters. The predicted molar refractivity (Wildman–Crippen MR) is 99.2 cm³/mol. The third-order valence-electron chi connectivity index (χ3n) is 3.99. The summed E-state index contributed by atoms with van der Waals surface area (Å²) in [4.78, 5) is 34.6. The normalized spacial score (nSPS) is 10.7. The second kappa shape index (κ2) is 6.75. The van der Waals surface area contributed by atoms with Gasteiger partial charge in [0.2, 0.25) is 5.95 Å². The van der Waals surface area contributed by atoms with E-state index in [-0.39, 0.29) is 11.8 Å². The van der Waals surface area contributed by atoms with Crippen LogP contribution in [0.2, 0.25) is 0 Å². The van der Waals surface area contributed by atoms with Gasteiger partial charge < -0.3 is 15.3 Å². The predicted octanol–water partition coefficient (Wildman–Crippen LogP) is 3.53. The Balaban J connectivity index is 1.59. The third kappa shape index (κ3) is 3.40. The van der Waals surface area contributed by atoms with E-state index in [2.05, 4.69) is 25.6 Å². The fraction of sp³-hybridized carbons (Fsp3) is 0. The molecule has 0 aliphatic heterocycles. The van der Waals surface area contributed by atoms with E-state index in [9.17, 15) is 14.0 Å². The summed E-state index contributed by atoms with van der Waals surface area (Å²) in [6.45, 7) is 0. The number of benzene rings is 2. The zero-order valence-corrected chi connectivity index (χ0v) is 13.9. The van der Waals surface area contributed by atoms with Crippen molar-refractivity contribution in [2.45, 2.75) is 0 Å². The van der Waals surface area contributed by atoms with Gasteiger partial charge in [-0.25, -0.2) is 9.37 Å². The first-order valence-corrected chi connectivity index (χ1v) is 8.09. The number of hydrogen-bond acceptors (Lipinski definition) is 3. The second-order valence-corrected chi connectivity index (χ2v) is 5.81.